The zero-order valence-electron chi connectivity index (χ0n) is 21.3. The Morgan fingerprint density at radius 1 is 1.03 bits per heavy atom. The number of ether oxygens (including phenoxy) is 2. The van der Waals surface area contributed by atoms with Crippen LogP contribution in [0.15, 0.2) is 59.4 Å². The van der Waals surface area contributed by atoms with E-state index in [9.17, 15) is 9.90 Å². The lowest BCUT2D eigenvalue weighted by atomic mass is 10.1. The van der Waals surface area contributed by atoms with Gasteiger partial charge in [0.15, 0.2) is 11.5 Å². The molecule has 4 rings (SSSR count). The first-order chi connectivity index (χ1) is 17.3. The average Bonchev–Trinajstić information content (AvgIpc) is 2.84. The van der Waals surface area contributed by atoms with Crippen molar-refractivity contribution in [2.24, 2.45) is 0 Å². The molecule has 0 amide bonds. The third-order valence-corrected chi connectivity index (χ3v) is 5.96. The fourth-order valence-corrected chi connectivity index (χ4v) is 4.18. The number of methoxy groups -OCH3 is 1. The standard InChI is InChI=1S/C29H31N3O4/c1-19-17-22(36-16-15-31(3)4)18-20(2)27(19)32-26(30-24-11-7-6-10-23(24)29(32)34)14-13-21-9-8-12-25(35-5)28(21)33/h6-14,17-18,33H,15-16H2,1-5H3/b14-13+. The Kier molecular flexibility index (Phi) is 7.41. The lowest BCUT2D eigenvalue weighted by Crippen LogP contribution is -2.24. The van der Waals surface area contributed by atoms with Gasteiger partial charge in [0.2, 0.25) is 0 Å². The Labute approximate surface area is 210 Å². The van der Waals surface area contributed by atoms with E-state index in [-0.39, 0.29) is 11.3 Å². The third-order valence-electron chi connectivity index (χ3n) is 5.96. The van der Waals surface area contributed by atoms with E-state index in [4.69, 9.17) is 14.5 Å². The smallest absolute Gasteiger partial charge is 0.266 e. The van der Waals surface area contributed by atoms with Gasteiger partial charge in [0.1, 0.15) is 18.2 Å². The molecule has 7 nitrogen and oxygen atoms in total. The molecule has 0 bridgehead atoms. The lowest BCUT2D eigenvalue weighted by Gasteiger charge is -2.18. The van der Waals surface area contributed by atoms with Crippen molar-refractivity contribution in [3.8, 4) is 22.9 Å². The first kappa shape index (κ1) is 25.0. The highest BCUT2D eigenvalue weighted by Gasteiger charge is 2.16. The number of rotatable bonds is 8. The van der Waals surface area contributed by atoms with Gasteiger partial charge in [0.25, 0.3) is 5.56 Å². The first-order valence-electron chi connectivity index (χ1n) is 11.7. The number of phenols is 1. The van der Waals surface area contributed by atoms with Crippen LogP contribution in [0.4, 0.5) is 0 Å². The molecule has 1 N–H and O–H groups in total. The number of aryl methyl sites for hydroxylation is 2. The van der Waals surface area contributed by atoms with Crippen molar-refractivity contribution < 1.29 is 14.6 Å². The second-order valence-electron chi connectivity index (χ2n) is 8.92. The molecule has 1 heterocycles. The van der Waals surface area contributed by atoms with E-state index in [0.717, 1.165) is 29.1 Å². The molecule has 1 aromatic heterocycles. The van der Waals surface area contributed by atoms with Crippen molar-refractivity contribution in [1.29, 1.82) is 0 Å². The number of aromatic nitrogens is 2. The topological polar surface area (TPSA) is 76.8 Å². The summed E-state index contributed by atoms with van der Waals surface area (Å²) in [5.41, 5.74) is 3.55. The van der Waals surface area contributed by atoms with Gasteiger partial charge < -0.3 is 19.5 Å². The maximum atomic E-state index is 13.7. The van der Waals surface area contributed by atoms with E-state index in [2.05, 4.69) is 4.90 Å². The maximum absolute atomic E-state index is 13.7. The van der Waals surface area contributed by atoms with E-state index in [1.165, 1.54) is 7.11 Å². The first-order valence-corrected chi connectivity index (χ1v) is 11.7. The van der Waals surface area contributed by atoms with Gasteiger partial charge in [-0.15, -0.1) is 0 Å². The zero-order chi connectivity index (χ0) is 25.8. The minimum Gasteiger partial charge on any atom is -0.504 e. The van der Waals surface area contributed by atoms with Crippen molar-refractivity contribution in [2.45, 2.75) is 13.8 Å². The molecular weight excluding hydrogens is 454 g/mol. The van der Waals surface area contributed by atoms with Gasteiger partial charge in [0, 0.05) is 12.1 Å². The van der Waals surface area contributed by atoms with Crippen LogP contribution in [0.3, 0.4) is 0 Å². The predicted molar refractivity (Wildman–Crippen MR) is 144 cm³/mol. The molecule has 0 fully saturated rings. The molecule has 0 aliphatic heterocycles. The fraction of sp³-hybridized carbons (Fsp3) is 0.241. The second kappa shape index (κ2) is 10.7. The zero-order valence-corrected chi connectivity index (χ0v) is 21.3. The molecule has 7 heteroatoms. The van der Waals surface area contributed by atoms with E-state index >= 15 is 0 Å². The van der Waals surface area contributed by atoms with Crippen molar-refractivity contribution in [3.63, 3.8) is 0 Å². The Morgan fingerprint density at radius 2 is 1.75 bits per heavy atom. The summed E-state index contributed by atoms with van der Waals surface area (Å²) in [6, 6.07) is 16.4. The minimum absolute atomic E-state index is 0.0255. The molecule has 186 valence electrons. The van der Waals surface area contributed by atoms with Crippen LogP contribution >= 0.6 is 0 Å². The highest BCUT2D eigenvalue weighted by Crippen LogP contribution is 2.31. The van der Waals surface area contributed by atoms with Crippen LogP contribution in [0.25, 0.3) is 28.7 Å². The van der Waals surface area contributed by atoms with E-state index in [1.807, 2.05) is 58.3 Å². The Balaban J connectivity index is 1.86. The minimum atomic E-state index is -0.164. The summed E-state index contributed by atoms with van der Waals surface area (Å²) >= 11 is 0. The SMILES string of the molecule is COc1cccc(/C=C/c2nc3ccccc3c(=O)n2-c2c(C)cc(OCCN(C)C)cc2C)c1O. The maximum Gasteiger partial charge on any atom is 0.266 e. The van der Waals surface area contributed by atoms with E-state index < -0.39 is 0 Å². The highest BCUT2D eigenvalue weighted by molar-refractivity contribution is 5.81. The largest absolute Gasteiger partial charge is 0.504 e. The van der Waals surface area contributed by atoms with Gasteiger partial charge in [-0.3, -0.25) is 9.36 Å². The molecule has 0 radical (unpaired) electrons. The molecule has 3 aromatic carbocycles. The molecule has 0 aliphatic carbocycles. The number of hydrogen-bond donors (Lipinski definition) is 1. The molecule has 36 heavy (non-hydrogen) atoms. The summed E-state index contributed by atoms with van der Waals surface area (Å²) in [7, 11) is 5.51. The van der Waals surface area contributed by atoms with Crippen LogP contribution in [0.2, 0.25) is 0 Å². The number of benzene rings is 3. The number of phenolic OH excluding ortho intramolecular Hbond substituents is 1. The summed E-state index contributed by atoms with van der Waals surface area (Å²) in [6.45, 7) is 5.30. The summed E-state index contributed by atoms with van der Waals surface area (Å²) in [5.74, 6) is 1.61. The number of fused-ring (bicyclic) bond motifs is 1. The van der Waals surface area contributed by atoms with E-state index in [1.54, 1.807) is 41.0 Å². The van der Waals surface area contributed by atoms with Crippen LogP contribution in [-0.2, 0) is 0 Å². The number of para-hydroxylation sites is 2. The molecule has 4 aromatic rings. The van der Waals surface area contributed by atoms with Crippen molar-refractivity contribution in [1.82, 2.24) is 14.5 Å². The van der Waals surface area contributed by atoms with Crippen LogP contribution in [0, 0.1) is 13.8 Å². The molecule has 0 saturated heterocycles. The monoisotopic (exact) mass is 485 g/mol. The second-order valence-corrected chi connectivity index (χ2v) is 8.92. The third kappa shape index (κ3) is 5.11. The lowest BCUT2D eigenvalue weighted by molar-refractivity contribution is 0.261. The van der Waals surface area contributed by atoms with Gasteiger partial charge in [-0.1, -0.05) is 24.3 Å². The molecule has 0 spiro atoms. The quantitative estimate of drug-likeness (QED) is 0.385. The van der Waals surface area contributed by atoms with Gasteiger partial charge in [-0.05, 0) is 81.6 Å². The summed E-state index contributed by atoms with van der Waals surface area (Å²) in [4.78, 5) is 20.6. The highest BCUT2D eigenvalue weighted by atomic mass is 16.5. The molecular formula is C29H31N3O4. The van der Waals surface area contributed by atoms with Crippen LogP contribution in [-0.4, -0.2) is 53.9 Å². The van der Waals surface area contributed by atoms with Crippen LogP contribution in [0.5, 0.6) is 17.2 Å². The number of nitrogens with zero attached hydrogens (tertiary/aromatic N) is 3. The normalized spacial score (nSPS) is 11.5. The number of aromatic hydroxyl groups is 1. The molecule has 0 unspecified atom stereocenters. The molecule has 0 saturated carbocycles. The number of likely N-dealkylation sites (N-methyl/N-ethyl adjacent to an activating group) is 1. The van der Waals surface area contributed by atoms with Crippen LogP contribution in [0.1, 0.15) is 22.5 Å². The fourth-order valence-electron chi connectivity index (χ4n) is 4.18. The molecule has 0 atom stereocenters. The van der Waals surface area contributed by atoms with Gasteiger partial charge in [-0.2, -0.15) is 0 Å². The van der Waals surface area contributed by atoms with Gasteiger partial charge in [-0.25, -0.2) is 4.98 Å². The van der Waals surface area contributed by atoms with Gasteiger partial charge >= 0.3 is 0 Å². The van der Waals surface area contributed by atoms with Crippen molar-refractivity contribution in [3.05, 3.63) is 87.5 Å². The van der Waals surface area contributed by atoms with Crippen molar-refractivity contribution >= 4 is 23.1 Å². The Bertz CT molecular complexity index is 1470. The number of hydrogen-bond acceptors (Lipinski definition) is 6. The Morgan fingerprint density at radius 3 is 2.44 bits per heavy atom. The summed E-state index contributed by atoms with van der Waals surface area (Å²) < 4.78 is 12.8. The van der Waals surface area contributed by atoms with Gasteiger partial charge in [0.05, 0.1) is 23.7 Å². The summed E-state index contributed by atoms with van der Waals surface area (Å²) in [6.07, 6.45) is 3.47. The molecule has 0 aliphatic rings. The van der Waals surface area contributed by atoms with Crippen molar-refractivity contribution in [2.75, 3.05) is 34.4 Å². The Hall–Kier alpha value is -4.10. The summed E-state index contributed by atoms with van der Waals surface area (Å²) in [5, 5.41) is 11.1. The van der Waals surface area contributed by atoms with Crippen LogP contribution < -0.4 is 15.0 Å². The predicted octanol–water partition coefficient (Wildman–Crippen LogP) is 4.83. The average molecular weight is 486 g/mol. The van der Waals surface area contributed by atoms with E-state index in [0.29, 0.717) is 34.6 Å².